The van der Waals surface area contributed by atoms with Crippen molar-refractivity contribution in [3.8, 4) is 11.1 Å². The minimum absolute atomic E-state index is 0.204. The Bertz CT molecular complexity index is 1370. The van der Waals surface area contributed by atoms with Crippen molar-refractivity contribution in [1.29, 1.82) is 0 Å². The van der Waals surface area contributed by atoms with E-state index in [1.165, 1.54) is 60.8 Å². The van der Waals surface area contributed by atoms with Crippen molar-refractivity contribution in [2.24, 2.45) is 34.4 Å². The van der Waals surface area contributed by atoms with Gasteiger partial charge >= 0.3 is 0 Å². The molecule has 2 saturated carbocycles. The second kappa shape index (κ2) is 13.4. The minimum atomic E-state index is -0.355. The summed E-state index contributed by atoms with van der Waals surface area (Å²) in [4.78, 5) is 18.2. The number of nitrogens with one attached hydrogen (secondary N) is 1. The van der Waals surface area contributed by atoms with Gasteiger partial charge in [0.15, 0.2) is 0 Å². The largest absolute Gasteiger partial charge is 0.396 e. The molecule has 5 atom stereocenters. The molecule has 0 aromatic heterocycles. The molecule has 0 spiro atoms. The van der Waals surface area contributed by atoms with Gasteiger partial charge in [-0.25, -0.2) is 0 Å². The van der Waals surface area contributed by atoms with Crippen molar-refractivity contribution in [2.45, 2.75) is 109 Å². The first-order valence-corrected chi connectivity index (χ1v) is 17.2. The SMILES string of the molecule is CCC1C=CNc2c(C(N)=O)c(C3CCCCC(CCO)C3)cc(-c3ccc4c(c3)N=CC(C(C)C3CCCCC3)C4)c21. The van der Waals surface area contributed by atoms with Crippen LogP contribution in [0.25, 0.3) is 11.1 Å². The summed E-state index contributed by atoms with van der Waals surface area (Å²) >= 11 is 0. The van der Waals surface area contributed by atoms with E-state index in [9.17, 15) is 9.90 Å². The Kier molecular flexibility index (Phi) is 9.37. The number of aliphatic hydroxyl groups excluding tert-OH is 1. The first-order valence-electron chi connectivity index (χ1n) is 17.2. The molecule has 2 heterocycles. The molecule has 2 aromatic rings. The number of hydrogen-bond donors (Lipinski definition) is 3. The van der Waals surface area contributed by atoms with Crippen LogP contribution in [-0.4, -0.2) is 23.8 Å². The van der Waals surface area contributed by atoms with Crippen LogP contribution < -0.4 is 11.1 Å². The average molecular weight is 582 g/mol. The Morgan fingerprint density at radius 3 is 2.65 bits per heavy atom. The van der Waals surface area contributed by atoms with Gasteiger partial charge in [-0.15, -0.1) is 0 Å². The van der Waals surface area contributed by atoms with Crippen LogP contribution in [0.4, 0.5) is 11.4 Å². The zero-order chi connectivity index (χ0) is 29.9. The molecule has 6 rings (SSSR count). The highest BCUT2D eigenvalue weighted by atomic mass is 16.3. The fraction of sp³-hybridized carbons (Fsp3) is 0.579. The van der Waals surface area contributed by atoms with E-state index < -0.39 is 0 Å². The molecule has 0 radical (unpaired) electrons. The predicted octanol–water partition coefficient (Wildman–Crippen LogP) is 9.02. The molecular weight excluding hydrogens is 530 g/mol. The van der Waals surface area contributed by atoms with E-state index >= 15 is 0 Å². The maximum Gasteiger partial charge on any atom is 0.251 e. The third-order valence-electron chi connectivity index (χ3n) is 11.3. The van der Waals surface area contributed by atoms with E-state index in [2.05, 4.69) is 55.7 Å². The molecule has 5 unspecified atom stereocenters. The van der Waals surface area contributed by atoms with Crippen LogP contribution in [0.15, 0.2) is 41.5 Å². The Morgan fingerprint density at radius 1 is 1.09 bits per heavy atom. The van der Waals surface area contributed by atoms with Crippen molar-refractivity contribution in [1.82, 2.24) is 0 Å². The van der Waals surface area contributed by atoms with Crippen LogP contribution in [0.2, 0.25) is 0 Å². The Labute approximate surface area is 258 Å². The van der Waals surface area contributed by atoms with Gasteiger partial charge in [0.05, 0.1) is 16.9 Å². The quantitative estimate of drug-likeness (QED) is 0.272. The van der Waals surface area contributed by atoms with Crippen molar-refractivity contribution < 1.29 is 9.90 Å². The molecule has 4 aliphatic rings. The van der Waals surface area contributed by atoms with Crippen LogP contribution in [0, 0.1) is 23.7 Å². The Balaban J connectivity index is 1.40. The normalized spacial score (nSPS) is 26.2. The number of carbonyl (C=O) groups is 1. The monoisotopic (exact) mass is 581 g/mol. The molecule has 0 bridgehead atoms. The lowest BCUT2D eigenvalue weighted by atomic mass is 9.73. The van der Waals surface area contributed by atoms with E-state index in [0.717, 1.165) is 67.8 Å². The lowest BCUT2D eigenvalue weighted by Gasteiger charge is -2.33. The molecule has 2 fully saturated rings. The van der Waals surface area contributed by atoms with Gasteiger partial charge in [-0.1, -0.05) is 83.4 Å². The van der Waals surface area contributed by atoms with Gasteiger partial charge in [0.2, 0.25) is 0 Å². The fourth-order valence-corrected chi connectivity index (χ4v) is 8.79. The topological polar surface area (TPSA) is 87.7 Å². The van der Waals surface area contributed by atoms with Gasteiger partial charge in [-0.3, -0.25) is 9.79 Å². The number of primary amides is 1. The van der Waals surface area contributed by atoms with Gasteiger partial charge in [-0.05, 0) is 102 Å². The number of allylic oxidation sites excluding steroid dienone is 1. The Morgan fingerprint density at radius 2 is 1.88 bits per heavy atom. The third kappa shape index (κ3) is 6.20. The number of anilines is 1. The smallest absolute Gasteiger partial charge is 0.251 e. The maximum atomic E-state index is 13.2. The summed E-state index contributed by atoms with van der Waals surface area (Å²) in [5, 5.41) is 13.2. The highest BCUT2D eigenvalue weighted by molar-refractivity contribution is 6.03. The van der Waals surface area contributed by atoms with Gasteiger partial charge in [-0.2, -0.15) is 0 Å². The van der Waals surface area contributed by atoms with Crippen LogP contribution >= 0.6 is 0 Å². The minimum Gasteiger partial charge on any atom is -0.396 e. The number of amides is 1. The number of rotatable bonds is 8. The molecule has 2 aromatic carbocycles. The van der Waals surface area contributed by atoms with Gasteiger partial charge in [0.1, 0.15) is 0 Å². The molecule has 1 amide bonds. The van der Waals surface area contributed by atoms with Crippen molar-refractivity contribution >= 4 is 23.5 Å². The Hall–Kier alpha value is -2.92. The number of benzene rings is 2. The van der Waals surface area contributed by atoms with Crippen molar-refractivity contribution in [2.75, 3.05) is 11.9 Å². The predicted molar refractivity (Wildman–Crippen MR) is 178 cm³/mol. The van der Waals surface area contributed by atoms with E-state index in [1.54, 1.807) is 0 Å². The summed E-state index contributed by atoms with van der Waals surface area (Å²) in [5.41, 5.74) is 14.8. The second-order valence-electron chi connectivity index (χ2n) is 13.9. The van der Waals surface area contributed by atoms with Crippen LogP contribution in [0.5, 0.6) is 0 Å². The maximum absolute atomic E-state index is 13.2. The number of nitrogens with two attached hydrogens (primary N) is 1. The van der Waals surface area contributed by atoms with E-state index in [4.69, 9.17) is 10.7 Å². The summed E-state index contributed by atoms with van der Waals surface area (Å²) < 4.78 is 0. The summed E-state index contributed by atoms with van der Waals surface area (Å²) in [5.74, 6) is 2.57. The molecule has 5 heteroatoms. The highest BCUT2D eigenvalue weighted by Gasteiger charge is 2.33. The number of carbonyl (C=O) groups excluding carboxylic acids is 1. The summed E-state index contributed by atoms with van der Waals surface area (Å²) in [6.07, 6.45) is 21.7. The molecule has 2 aliphatic carbocycles. The molecule has 230 valence electrons. The lowest BCUT2D eigenvalue weighted by Crippen LogP contribution is -2.26. The van der Waals surface area contributed by atoms with Crippen LogP contribution in [0.1, 0.15) is 130 Å². The highest BCUT2D eigenvalue weighted by Crippen LogP contribution is 2.48. The van der Waals surface area contributed by atoms with E-state index in [1.807, 2.05) is 6.20 Å². The molecule has 4 N–H and O–H groups in total. The van der Waals surface area contributed by atoms with Crippen molar-refractivity contribution in [3.05, 3.63) is 58.8 Å². The number of aliphatic hydroxyl groups is 1. The molecule has 0 saturated heterocycles. The fourth-order valence-electron chi connectivity index (χ4n) is 8.79. The lowest BCUT2D eigenvalue weighted by molar-refractivity contribution is 0.0999. The molecular formula is C38H51N3O2. The average Bonchev–Trinajstić information content (AvgIpc) is 3.28. The summed E-state index contributed by atoms with van der Waals surface area (Å²) in [7, 11) is 0. The van der Waals surface area contributed by atoms with E-state index in [0.29, 0.717) is 23.3 Å². The molecule has 5 nitrogen and oxygen atoms in total. The standard InChI is InChI=1S/C38H51N3O2/c1-3-26-15-17-40-37-35(26)32(22-33(36(37)38(39)43)28-12-8-7-9-25(19-28)16-18-42)29-13-14-30-20-31(23-41-34(30)21-29)24(2)27-10-5-4-6-11-27/h13-15,17,21-28,31,40,42H,3-12,16,18-20H2,1-2H3,(H2,39,43). The number of nitrogens with zero attached hydrogens (tertiary/aromatic N) is 1. The van der Waals surface area contributed by atoms with Gasteiger partial charge in [0, 0.05) is 24.7 Å². The molecule has 43 heavy (non-hydrogen) atoms. The van der Waals surface area contributed by atoms with Crippen LogP contribution in [0.3, 0.4) is 0 Å². The molecule has 2 aliphatic heterocycles. The summed E-state index contributed by atoms with van der Waals surface area (Å²) in [6.45, 7) is 4.88. The second-order valence-corrected chi connectivity index (χ2v) is 13.9. The number of aliphatic imine (C=N–C) groups is 1. The number of fused-ring (bicyclic) bond motifs is 2. The zero-order valence-electron chi connectivity index (χ0n) is 26.3. The third-order valence-corrected chi connectivity index (χ3v) is 11.3. The van der Waals surface area contributed by atoms with Gasteiger partial charge in [0.25, 0.3) is 5.91 Å². The van der Waals surface area contributed by atoms with E-state index in [-0.39, 0.29) is 24.3 Å². The number of hydrogen-bond acceptors (Lipinski definition) is 4. The first-order chi connectivity index (χ1) is 21.0. The van der Waals surface area contributed by atoms with Gasteiger partial charge < -0.3 is 16.2 Å². The zero-order valence-corrected chi connectivity index (χ0v) is 26.3. The summed E-state index contributed by atoms with van der Waals surface area (Å²) in [6, 6.07) is 9.18. The first kappa shape index (κ1) is 30.1. The van der Waals surface area contributed by atoms with Crippen molar-refractivity contribution in [3.63, 3.8) is 0 Å². The van der Waals surface area contributed by atoms with Crippen LogP contribution in [-0.2, 0) is 6.42 Å².